The Morgan fingerprint density at radius 1 is 1.32 bits per heavy atom. The van der Waals surface area contributed by atoms with Crippen LogP contribution in [-0.4, -0.2) is 34.5 Å². The van der Waals surface area contributed by atoms with E-state index in [2.05, 4.69) is 10.5 Å². The van der Waals surface area contributed by atoms with Crippen molar-refractivity contribution in [2.45, 2.75) is 32.4 Å². The molecule has 0 saturated carbocycles. The molecule has 0 aliphatic carbocycles. The molecule has 1 aromatic carbocycles. The second-order valence-corrected chi connectivity index (χ2v) is 9.64. The van der Waals surface area contributed by atoms with Gasteiger partial charge in [-0.1, -0.05) is 30.6 Å². The fourth-order valence-corrected chi connectivity index (χ4v) is 4.74. The lowest BCUT2D eigenvalue weighted by Crippen LogP contribution is -2.58. The lowest BCUT2D eigenvalue weighted by Gasteiger charge is -2.39. The highest BCUT2D eigenvalue weighted by Crippen LogP contribution is 2.32. The van der Waals surface area contributed by atoms with E-state index >= 15 is 0 Å². The largest absolute Gasteiger partial charge is 0.355 e. The zero-order valence-corrected chi connectivity index (χ0v) is 18.5. The van der Waals surface area contributed by atoms with Crippen molar-refractivity contribution in [2.24, 2.45) is 5.92 Å². The number of piperazine rings is 1. The molecule has 4 rings (SSSR count). The minimum absolute atomic E-state index is 0.103. The van der Waals surface area contributed by atoms with E-state index in [0.717, 1.165) is 4.88 Å². The Kier molecular flexibility index (Phi) is 6.11. The van der Waals surface area contributed by atoms with E-state index in [1.165, 1.54) is 29.5 Å². The van der Waals surface area contributed by atoms with Gasteiger partial charge >= 0.3 is 0 Å². The minimum atomic E-state index is -0.606. The van der Waals surface area contributed by atoms with Gasteiger partial charge in [0.25, 0.3) is 5.91 Å². The molecule has 31 heavy (non-hydrogen) atoms. The first-order chi connectivity index (χ1) is 14.8. The number of nitrogens with one attached hydrogen (secondary N) is 1. The van der Waals surface area contributed by atoms with Gasteiger partial charge in [0.15, 0.2) is 11.5 Å². The number of carbonyl (C=O) groups is 2. The third kappa shape index (κ3) is 4.65. The molecule has 6 nitrogen and oxygen atoms in total. The molecule has 2 aromatic heterocycles. The van der Waals surface area contributed by atoms with Crippen LogP contribution < -0.4 is 5.32 Å². The van der Waals surface area contributed by atoms with E-state index in [9.17, 15) is 14.0 Å². The second-order valence-electron chi connectivity index (χ2n) is 7.89. The molecule has 162 valence electrons. The number of thiophene rings is 1. The minimum Gasteiger partial charge on any atom is -0.355 e. The summed E-state index contributed by atoms with van der Waals surface area (Å²) in [6.45, 7) is 4.31. The maximum atomic E-state index is 13.4. The van der Waals surface area contributed by atoms with Gasteiger partial charge in [-0.2, -0.15) is 0 Å². The highest BCUT2D eigenvalue weighted by molar-refractivity contribution is 7.16. The summed E-state index contributed by atoms with van der Waals surface area (Å²) in [6.07, 6.45) is 0.526. The molecular weight excluding hydrogens is 441 g/mol. The third-order valence-electron chi connectivity index (χ3n) is 5.13. The summed E-state index contributed by atoms with van der Waals surface area (Å²) < 4.78 is 19.1. The topological polar surface area (TPSA) is 75.4 Å². The van der Waals surface area contributed by atoms with Crippen molar-refractivity contribution in [1.29, 1.82) is 0 Å². The van der Waals surface area contributed by atoms with E-state index < -0.39 is 6.04 Å². The molecule has 9 heteroatoms. The Morgan fingerprint density at radius 2 is 2.06 bits per heavy atom. The molecule has 0 spiro atoms. The molecule has 1 aliphatic rings. The summed E-state index contributed by atoms with van der Waals surface area (Å²) in [6, 6.07) is 9.91. The molecule has 2 unspecified atom stereocenters. The number of carbonyl (C=O) groups excluding carboxylic acids is 2. The molecule has 1 saturated heterocycles. The standard InChI is InChI=1S/C22H21ClFN3O3S/c1-12(2)9-17-21(28)25-16(19-7-8-20(23)31-19)11-27(17)22(29)15-10-18(30-26-15)13-3-5-14(24)6-4-13/h3-8,10,12,16-17H,9,11H2,1-2H3,(H,25,28). The van der Waals surface area contributed by atoms with Gasteiger partial charge in [-0.05, 0) is 48.7 Å². The van der Waals surface area contributed by atoms with Crippen LogP contribution in [0.5, 0.6) is 0 Å². The molecule has 2 amide bonds. The zero-order valence-electron chi connectivity index (χ0n) is 17.0. The summed E-state index contributed by atoms with van der Waals surface area (Å²) in [5.41, 5.74) is 0.708. The lowest BCUT2D eigenvalue weighted by molar-refractivity contribution is -0.130. The zero-order chi connectivity index (χ0) is 22.1. The summed E-state index contributed by atoms with van der Waals surface area (Å²) >= 11 is 7.43. The highest BCUT2D eigenvalue weighted by atomic mass is 35.5. The van der Waals surface area contributed by atoms with E-state index in [0.29, 0.717) is 28.6 Å². The summed E-state index contributed by atoms with van der Waals surface area (Å²) in [5.74, 6) is -0.386. The van der Waals surface area contributed by atoms with Crippen molar-refractivity contribution in [3.8, 4) is 11.3 Å². The average molecular weight is 462 g/mol. The predicted octanol–water partition coefficient (Wildman–Crippen LogP) is 4.92. The predicted molar refractivity (Wildman–Crippen MR) is 116 cm³/mol. The Bertz CT molecular complexity index is 1100. The normalized spacial score (nSPS) is 19.0. The van der Waals surface area contributed by atoms with Crippen molar-refractivity contribution in [1.82, 2.24) is 15.4 Å². The molecule has 3 heterocycles. The number of rotatable bonds is 5. The van der Waals surface area contributed by atoms with Crippen molar-refractivity contribution in [3.05, 3.63) is 63.2 Å². The molecule has 1 aliphatic heterocycles. The van der Waals surface area contributed by atoms with Crippen LogP contribution in [0, 0.1) is 11.7 Å². The fourth-order valence-electron chi connectivity index (χ4n) is 3.63. The van der Waals surface area contributed by atoms with Crippen LogP contribution in [0.25, 0.3) is 11.3 Å². The maximum Gasteiger partial charge on any atom is 0.276 e. The van der Waals surface area contributed by atoms with Crippen molar-refractivity contribution in [2.75, 3.05) is 6.54 Å². The molecule has 0 radical (unpaired) electrons. The van der Waals surface area contributed by atoms with Gasteiger partial charge in [-0.3, -0.25) is 9.59 Å². The van der Waals surface area contributed by atoms with Gasteiger partial charge in [0, 0.05) is 23.1 Å². The van der Waals surface area contributed by atoms with E-state index in [1.807, 2.05) is 19.9 Å². The highest BCUT2D eigenvalue weighted by Gasteiger charge is 2.39. The average Bonchev–Trinajstić information content (AvgIpc) is 3.38. The number of hydrogen-bond donors (Lipinski definition) is 1. The van der Waals surface area contributed by atoms with Gasteiger partial charge in [-0.25, -0.2) is 4.39 Å². The number of nitrogens with zero attached hydrogens (tertiary/aromatic N) is 2. The Balaban J connectivity index is 1.62. The second kappa shape index (κ2) is 8.80. The van der Waals surface area contributed by atoms with Crippen LogP contribution in [0.3, 0.4) is 0 Å². The van der Waals surface area contributed by atoms with Gasteiger partial charge in [0.05, 0.1) is 10.4 Å². The monoisotopic (exact) mass is 461 g/mol. The third-order valence-corrected chi connectivity index (χ3v) is 6.47. The maximum absolute atomic E-state index is 13.4. The Hall–Kier alpha value is -2.71. The number of amides is 2. The number of halogens is 2. The fraction of sp³-hybridized carbons (Fsp3) is 0.318. The van der Waals surface area contributed by atoms with Crippen LogP contribution in [0.15, 0.2) is 47.0 Å². The first-order valence-electron chi connectivity index (χ1n) is 9.91. The molecule has 2 atom stereocenters. The van der Waals surface area contributed by atoms with Crippen LogP contribution in [-0.2, 0) is 4.79 Å². The van der Waals surface area contributed by atoms with Crippen LogP contribution in [0.4, 0.5) is 4.39 Å². The van der Waals surface area contributed by atoms with Gasteiger partial charge < -0.3 is 14.7 Å². The lowest BCUT2D eigenvalue weighted by atomic mass is 9.97. The number of hydrogen-bond acceptors (Lipinski definition) is 5. The molecule has 1 N–H and O–H groups in total. The Morgan fingerprint density at radius 3 is 2.71 bits per heavy atom. The molecular formula is C22H21ClFN3O3S. The van der Waals surface area contributed by atoms with Gasteiger partial charge in [0.2, 0.25) is 5.91 Å². The van der Waals surface area contributed by atoms with Crippen molar-refractivity contribution < 1.29 is 18.5 Å². The molecule has 1 fully saturated rings. The number of aromatic nitrogens is 1. The molecule has 3 aromatic rings. The molecule has 0 bridgehead atoms. The SMILES string of the molecule is CC(C)CC1C(=O)NC(c2ccc(Cl)s2)CN1C(=O)c1cc(-c2ccc(F)cc2)on1. The Labute approximate surface area is 188 Å². The van der Waals surface area contributed by atoms with Crippen LogP contribution in [0.1, 0.15) is 41.7 Å². The summed E-state index contributed by atoms with van der Waals surface area (Å²) in [5, 5.41) is 6.93. The quantitative estimate of drug-likeness (QED) is 0.585. The van der Waals surface area contributed by atoms with E-state index in [-0.39, 0.29) is 35.3 Å². The smallest absolute Gasteiger partial charge is 0.276 e. The number of benzene rings is 1. The summed E-state index contributed by atoms with van der Waals surface area (Å²) in [4.78, 5) is 28.7. The van der Waals surface area contributed by atoms with Crippen molar-refractivity contribution in [3.63, 3.8) is 0 Å². The van der Waals surface area contributed by atoms with E-state index in [1.54, 1.807) is 23.1 Å². The first kappa shape index (κ1) is 21.5. The van der Waals surface area contributed by atoms with E-state index in [4.69, 9.17) is 16.1 Å². The summed E-state index contributed by atoms with van der Waals surface area (Å²) in [7, 11) is 0. The van der Waals surface area contributed by atoms with Crippen LogP contribution >= 0.6 is 22.9 Å². The first-order valence-corrected chi connectivity index (χ1v) is 11.1. The van der Waals surface area contributed by atoms with Gasteiger partial charge in [-0.15, -0.1) is 11.3 Å². The van der Waals surface area contributed by atoms with Gasteiger partial charge in [0.1, 0.15) is 11.9 Å². The van der Waals surface area contributed by atoms with Crippen molar-refractivity contribution >= 4 is 34.8 Å². The van der Waals surface area contributed by atoms with Crippen LogP contribution in [0.2, 0.25) is 4.34 Å².